The number of rotatable bonds is 18. The van der Waals surface area contributed by atoms with Gasteiger partial charge < -0.3 is 86.8 Å². The van der Waals surface area contributed by atoms with Gasteiger partial charge in [0.1, 0.15) is 43.7 Å². The largest absolute Gasteiger partial charge is 0.483 e. The number of aliphatic hydroxyl groups is 2. The second-order valence-corrected chi connectivity index (χ2v) is 24.6. The maximum atomic E-state index is 16.0. The fraction of sp³-hybridized carbons (Fsp3) is 0.900. The molecule has 5 aliphatic rings. The molecule has 5 saturated heterocycles. The lowest BCUT2D eigenvalue weighted by molar-refractivity contribution is -0.305. The highest BCUT2D eigenvalue weighted by Crippen LogP contribution is 2.41. The Kier molecular flexibility index (Phi) is 31.5. The summed E-state index contributed by atoms with van der Waals surface area (Å²) in [6.07, 6.45) is -13.3. The number of hydrogen-bond donors (Lipinski definition) is 3. The summed E-state index contributed by atoms with van der Waals surface area (Å²) in [5.74, 6) is -7.30. The molecule has 0 aromatic carbocycles. The minimum atomic E-state index is -1.94. The highest BCUT2D eigenvalue weighted by atomic mass is 16.7. The number of likely N-dealkylation sites (N-methyl/N-ethyl adjacent to an activating group) is 2. The van der Waals surface area contributed by atoms with Gasteiger partial charge in [0, 0.05) is 97.0 Å². The van der Waals surface area contributed by atoms with E-state index in [1.54, 1.807) is 41.7 Å². The van der Waals surface area contributed by atoms with E-state index in [0.29, 0.717) is 51.5 Å². The molecule has 1 amide bonds. The molecule has 0 spiro atoms. The fourth-order valence-corrected chi connectivity index (χ4v) is 12.2. The zero-order chi connectivity index (χ0) is 62.9. The Hall–Kier alpha value is -3.70. The lowest BCUT2D eigenvalue weighted by Gasteiger charge is -2.45. The monoisotopic (exact) mass is 1220 g/mol. The van der Waals surface area contributed by atoms with Crippen molar-refractivity contribution >= 4 is 36.0 Å². The van der Waals surface area contributed by atoms with Gasteiger partial charge in [0.15, 0.2) is 30.3 Å². The van der Waals surface area contributed by atoms with Crippen LogP contribution in [0.4, 0.5) is 4.79 Å². The van der Waals surface area contributed by atoms with E-state index in [-0.39, 0.29) is 64.4 Å². The zero-order valence-electron chi connectivity index (χ0n) is 53.2. The third-order valence-corrected chi connectivity index (χ3v) is 17.1. The molecule has 85 heavy (non-hydrogen) atoms. The van der Waals surface area contributed by atoms with Crippen LogP contribution in [-0.2, 0) is 80.9 Å². The van der Waals surface area contributed by atoms with Gasteiger partial charge in [-0.05, 0) is 66.8 Å². The number of amides is 1. The molecule has 494 valence electrons. The van der Waals surface area contributed by atoms with Gasteiger partial charge in [0.05, 0.1) is 67.9 Å². The number of aliphatic hydroxyl groups excluding tert-OH is 2. The molecule has 5 fully saturated rings. The van der Waals surface area contributed by atoms with Crippen molar-refractivity contribution in [1.82, 2.24) is 14.7 Å². The number of oxime groups is 1. The van der Waals surface area contributed by atoms with E-state index in [2.05, 4.69) is 21.9 Å². The molecular weight excluding hydrogens is 1110 g/mol. The Bertz CT molecular complexity index is 2070. The van der Waals surface area contributed by atoms with E-state index in [1.807, 2.05) is 55.5 Å². The average molecular weight is 1220 g/mol. The van der Waals surface area contributed by atoms with Crippen molar-refractivity contribution in [3.63, 3.8) is 0 Å². The number of carbonyl (C=O) groups is 5. The third kappa shape index (κ3) is 20.9. The molecule has 0 bridgehead atoms. The van der Waals surface area contributed by atoms with Gasteiger partial charge in [-0.25, -0.2) is 4.79 Å². The van der Waals surface area contributed by atoms with Gasteiger partial charge in [-0.1, -0.05) is 61.0 Å². The van der Waals surface area contributed by atoms with Crippen LogP contribution in [0, 0.1) is 41.4 Å². The first-order valence-electron chi connectivity index (χ1n) is 29.9. The smallest absolute Gasteiger partial charge is 0.410 e. The number of carboxylic acid groups (broad SMARTS) is 1. The highest BCUT2D eigenvalue weighted by molar-refractivity contribution is 5.91. The van der Waals surface area contributed by atoms with Crippen LogP contribution in [0.15, 0.2) is 5.16 Å². The third-order valence-electron chi connectivity index (χ3n) is 17.1. The van der Waals surface area contributed by atoms with Gasteiger partial charge in [-0.3, -0.25) is 24.1 Å². The highest BCUT2D eigenvalue weighted by Gasteiger charge is 2.53. The summed E-state index contributed by atoms with van der Waals surface area (Å²) in [5, 5.41) is 33.8. The molecular formula is C60H108N4O21. The van der Waals surface area contributed by atoms with Gasteiger partial charge in [0.25, 0.3) is 6.47 Å². The van der Waals surface area contributed by atoms with Crippen molar-refractivity contribution in [2.24, 2.45) is 46.6 Å². The number of ether oxygens (including phenoxy) is 12. The molecule has 0 aromatic rings. The van der Waals surface area contributed by atoms with Gasteiger partial charge in [-0.15, -0.1) is 0 Å². The fourth-order valence-electron chi connectivity index (χ4n) is 12.2. The van der Waals surface area contributed by atoms with Crippen molar-refractivity contribution in [3.05, 3.63) is 0 Å². The van der Waals surface area contributed by atoms with Gasteiger partial charge >= 0.3 is 18.0 Å². The first kappa shape index (κ1) is 75.5. The number of ketones is 1. The minimum absolute atomic E-state index is 0. The van der Waals surface area contributed by atoms with Crippen LogP contribution in [0.1, 0.15) is 123 Å². The second-order valence-electron chi connectivity index (χ2n) is 24.6. The number of carbonyl (C=O) groups excluding carboxylic acids is 4. The summed E-state index contributed by atoms with van der Waals surface area (Å²) >= 11 is 0. The molecule has 5 heterocycles. The Morgan fingerprint density at radius 1 is 0.847 bits per heavy atom. The second kappa shape index (κ2) is 35.5. The Morgan fingerprint density at radius 2 is 1.48 bits per heavy atom. The van der Waals surface area contributed by atoms with Crippen LogP contribution in [0.2, 0.25) is 0 Å². The number of Topliss-reactive ketones (excluding diaryl/α,β-unsaturated/α-hetero) is 1. The van der Waals surface area contributed by atoms with Crippen molar-refractivity contribution in [1.29, 1.82) is 0 Å². The van der Waals surface area contributed by atoms with Gasteiger partial charge in [-0.2, -0.15) is 0 Å². The number of morpholine rings is 1. The lowest BCUT2D eigenvalue weighted by Crippen LogP contribution is -2.59. The van der Waals surface area contributed by atoms with Crippen LogP contribution in [0.5, 0.6) is 0 Å². The summed E-state index contributed by atoms with van der Waals surface area (Å²) < 4.78 is 76.3. The van der Waals surface area contributed by atoms with Crippen molar-refractivity contribution in [2.45, 2.75) is 221 Å². The Labute approximate surface area is 505 Å². The molecule has 5 rings (SSSR count). The predicted molar refractivity (Wildman–Crippen MR) is 312 cm³/mol. The molecule has 0 saturated carbocycles. The quantitative estimate of drug-likeness (QED) is 0.0703. The van der Waals surface area contributed by atoms with E-state index in [4.69, 9.17) is 71.6 Å². The van der Waals surface area contributed by atoms with Crippen molar-refractivity contribution in [3.8, 4) is 0 Å². The van der Waals surface area contributed by atoms with Crippen LogP contribution in [-0.4, -0.2) is 252 Å². The molecule has 5 aliphatic heterocycles. The molecule has 1 unspecified atom stereocenters. The maximum Gasteiger partial charge on any atom is 0.410 e. The van der Waals surface area contributed by atoms with E-state index in [9.17, 15) is 19.8 Å². The standard InChI is InChI=1S/C58H102N4O19.CH2O2.CH4/c1-31(2)25-43(63)77-49-38(9)48(33(4)30-73-56-52(70-17)51(69-16)45(64)41(12)76-56)79-54(67)40(11)50(78-44-26-34(5)61(15)29-36(7)74-44)37(8)47(80-55-46(65)42(59-71-18)27-35(6)75-55)32(3)28-58(13,53(66)39(49)10)81-57(68)60(14)19-20-62-21-23-72-24-22-62;2-1-3;/h31-41,44-52,55-56,64-65H,19-30H2,1-18H3;1H,(H,2,3);1H4/b59-42+;;/t32-,33-,34?,35+,36-,37+,38-,39+,40+,41+,44-,45+,46+,47-,48+,49+,50-,51+,52+,55-,56+,58-;;/m0../s1. The SMILES string of the molecule is C.CO/N=C1\C[C@@H](C)O[C@@H](O[C@@H]2[C@@H](C)[C@H](O[C@H]3CC(C)N(C)C[C@H](C)O3)[C@@H](C)C(=O)O[C@H]([C@@H](C)CO[C@@H]3O[C@H](C)[C@@H](O)[C@@H](OC)[C@H]3OC)[C@H](C)[C@@H](OC(=O)CC(C)C)[C@@H](C)C(=O)[C@@](C)(OC(=O)N(C)CCN3CCOCC3)C[C@@H]2C)[C@@H]1O.O=CO. The van der Waals surface area contributed by atoms with Crippen molar-refractivity contribution < 1.29 is 101 Å². The normalized spacial score (nSPS) is 38.5. The number of hydrogen-bond acceptors (Lipinski definition) is 23. The molecule has 0 aromatic heterocycles. The first-order chi connectivity index (χ1) is 39.6. The summed E-state index contributed by atoms with van der Waals surface area (Å²) in [4.78, 5) is 79.4. The molecule has 0 radical (unpaired) electrons. The van der Waals surface area contributed by atoms with Crippen LogP contribution >= 0.6 is 0 Å². The summed E-state index contributed by atoms with van der Waals surface area (Å²) in [6, 6.07) is 0.0147. The maximum absolute atomic E-state index is 16.0. The van der Waals surface area contributed by atoms with E-state index < -0.39 is 145 Å². The topological polar surface area (TPSA) is 288 Å². The number of nitrogens with zero attached hydrogens (tertiary/aromatic N) is 4. The zero-order valence-corrected chi connectivity index (χ0v) is 53.2. The average Bonchev–Trinajstić information content (AvgIpc) is 2.58. The first-order valence-corrected chi connectivity index (χ1v) is 29.9. The van der Waals surface area contributed by atoms with Gasteiger partial charge in [0.2, 0.25) is 0 Å². The minimum Gasteiger partial charge on any atom is -0.483 e. The predicted octanol–water partition coefficient (Wildman–Crippen LogP) is 5.02. The lowest BCUT2D eigenvalue weighted by atomic mass is 9.74. The van der Waals surface area contributed by atoms with Crippen LogP contribution in [0.25, 0.3) is 0 Å². The molecule has 3 N–H and O–H groups in total. The molecule has 25 nitrogen and oxygen atoms in total. The van der Waals surface area contributed by atoms with Crippen LogP contribution < -0.4 is 0 Å². The number of esters is 2. The van der Waals surface area contributed by atoms with E-state index in [1.165, 1.54) is 26.2 Å². The Morgan fingerprint density at radius 3 is 2.08 bits per heavy atom. The van der Waals surface area contributed by atoms with E-state index in [0.717, 1.165) is 0 Å². The Balaban J connectivity index is 0.00000463. The van der Waals surface area contributed by atoms with Crippen LogP contribution in [0.3, 0.4) is 0 Å². The number of methoxy groups -OCH3 is 2. The summed E-state index contributed by atoms with van der Waals surface area (Å²) in [7, 11) is 7.94. The summed E-state index contributed by atoms with van der Waals surface area (Å²) in [6.45, 7) is 27.2. The number of cyclic esters (lactones) is 1. The molecule has 25 heteroatoms. The summed E-state index contributed by atoms with van der Waals surface area (Å²) in [5.41, 5.74) is -1.64. The van der Waals surface area contributed by atoms with Crippen molar-refractivity contribution in [2.75, 3.05) is 88.0 Å². The molecule has 0 aliphatic carbocycles. The molecule has 22 atom stereocenters. The van der Waals surface area contributed by atoms with E-state index >= 15 is 9.59 Å².